The highest BCUT2D eigenvalue weighted by Crippen LogP contribution is 2.25. The third-order valence-electron chi connectivity index (χ3n) is 5.09. The van der Waals surface area contributed by atoms with Gasteiger partial charge < -0.3 is 24.6 Å². The van der Waals surface area contributed by atoms with Gasteiger partial charge in [0, 0.05) is 37.3 Å². The first kappa shape index (κ1) is 17.9. The minimum absolute atomic E-state index is 0.00181. The van der Waals surface area contributed by atoms with Crippen LogP contribution in [0.4, 0.5) is 10.5 Å². The van der Waals surface area contributed by atoms with Crippen LogP contribution in [0.5, 0.6) is 0 Å². The fourth-order valence-electron chi connectivity index (χ4n) is 3.78. The monoisotopic (exact) mass is 371 g/mol. The average molecular weight is 371 g/mol. The lowest BCUT2D eigenvalue weighted by molar-refractivity contribution is -0.00462. The van der Waals surface area contributed by atoms with Gasteiger partial charge in [0.15, 0.2) is 5.82 Å². The number of nitrogens with one attached hydrogen (secondary N) is 1. The van der Waals surface area contributed by atoms with E-state index in [4.69, 9.17) is 9.84 Å². The number of urea groups is 1. The van der Waals surface area contributed by atoms with Gasteiger partial charge in [0.05, 0.1) is 19.3 Å². The molecule has 4 rings (SSSR count). The van der Waals surface area contributed by atoms with E-state index < -0.39 is 0 Å². The number of anilines is 1. The van der Waals surface area contributed by atoms with Gasteiger partial charge in [-0.15, -0.1) is 10.2 Å². The molecule has 144 valence electrons. The van der Waals surface area contributed by atoms with Crippen molar-refractivity contribution in [3.05, 3.63) is 30.1 Å². The summed E-state index contributed by atoms with van der Waals surface area (Å²) in [6.07, 6.45) is 3.87. The molecule has 3 heterocycles. The van der Waals surface area contributed by atoms with Crippen LogP contribution in [0, 0.1) is 0 Å². The van der Waals surface area contributed by atoms with Crippen LogP contribution in [0.15, 0.2) is 24.3 Å². The summed E-state index contributed by atoms with van der Waals surface area (Å²) in [6, 6.07) is 7.61. The number of aryl methyl sites for hydroxylation is 1. The minimum Gasteiger partial charge on any atom is -0.394 e. The molecule has 0 aliphatic carbocycles. The number of aliphatic hydroxyl groups is 1. The molecular formula is C19H25N5O3. The maximum atomic E-state index is 12.6. The summed E-state index contributed by atoms with van der Waals surface area (Å²) in [7, 11) is 0. The molecule has 2 amide bonds. The summed E-state index contributed by atoms with van der Waals surface area (Å²) >= 11 is 0. The third-order valence-corrected chi connectivity index (χ3v) is 5.09. The molecule has 0 spiro atoms. The molecule has 2 aliphatic heterocycles. The number of hydrogen-bond donors (Lipinski definition) is 2. The van der Waals surface area contributed by atoms with Gasteiger partial charge in [-0.25, -0.2) is 4.79 Å². The van der Waals surface area contributed by atoms with Crippen molar-refractivity contribution >= 4 is 11.7 Å². The summed E-state index contributed by atoms with van der Waals surface area (Å²) in [4.78, 5) is 14.4. The van der Waals surface area contributed by atoms with E-state index in [1.165, 1.54) is 0 Å². The fourth-order valence-corrected chi connectivity index (χ4v) is 3.78. The standard InChI is InChI=1S/C19H25N5O3/c25-10-11-27-16-6-2-8-23(13-16)19(26)20-15-5-1-4-14(12-15)18-22-21-17-7-3-9-24(17)18/h1,4-5,12,16,25H,2-3,6-11,13H2,(H,20,26). The second-order valence-corrected chi connectivity index (χ2v) is 7.01. The van der Waals surface area contributed by atoms with Crippen LogP contribution in [0.1, 0.15) is 25.1 Å². The van der Waals surface area contributed by atoms with E-state index in [-0.39, 0.29) is 18.7 Å². The zero-order valence-electron chi connectivity index (χ0n) is 15.3. The number of carbonyl (C=O) groups excluding carboxylic acids is 1. The number of rotatable bonds is 5. The number of carbonyl (C=O) groups is 1. The van der Waals surface area contributed by atoms with Gasteiger partial charge in [-0.05, 0) is 31.4 Å². The Bertz CT molecular complexity index is 806. The largest absolute Gasteiger partial charge is 0.394 e. The summed E-state index contributed by atoms with van der Waals surface area (Å²) in [6.45, 7) is 2.51. The quantitative estimate of drug-likeness (QED) is 0.837. The molecule has 0 saturated carbocycles. The first-order chi connectivity index (χ1) is 13.2. The van der Waals surface area contributed by atoms with Gasteiger partial charge in [-0.2, -0.15) is 0 Å². The minimum atomic E-state index is -0.129. The molecule has 1 atom stereocenters. The first-order valence-corrected chi connectivity index (χ1v) is 9.55. The number of fused-ring (bicyclic) bond motifs is 1. The Kier molecular flexibility index (Phi) is 5.35. The van der Waals surface area contributed by atoms with Crippen LogP contribution in [0.3, 0.4) is 0 Å². The molecular weight excluding hydrogens is 346 g/mol. The number of piperidine rings is 1. The topological polar surface area (TPSA) is 92.5 Å². The second kappa shape index (κ2) is 8.06. The Balaban J connectivity index is 1.43. The van der Waals surface area contributed by atoms with Crippen molar-refractivity contribution in [3.8, 4) is 11.4 Å². The van der Waals surface area contributed by atoms with E-state index in [0.29, 0.717) is 19.7 Å². The second-order valence-electron chi connectivity index (χ2n) is 7.01. The molecule has 27 heavy (non-hydrogen) atoms. The van der Waals surface area contributed by atoms with Crippen molar-refractivity contribution in [1.29, 1.82) is 0 Å². The lowest BCUT2D eigenvalue weighted by Gasteiger charge is -2.32. The molecule has 1 saturated heterocycles. The predicted octanol–water partition coefficient (Wildman–Crippen LogP) is 1.90. The number of aliphatic hydroxyl groups excluding tert-OH is 1. The molecule has 8 nitrogen and oxygen atoms in total. The predicted molar refractivity (Wildman–Crippen MR) is 100 cm³/mol. The summed E-state index contributed by atoms with van der Waals surface area (Å²) in [5, 5.41) is 20.4. The zero-order valence-corrected chi connectivity index (χ0v) is 15.3. The van der Waals surface area contributed by atoms with E-state index in [0.717, 1.165) is 55.1 Å². The molecule has 1 fully saturated rings. The smallest absolute Gasteiger partial charge is 0.321 e. The third kappa shape index (κ3) is 3.96. The van der Waals surface area contributed by atoms with E-state index in [9.17, 15) is 4.79 Å². The van der Waals surface area contributed by atoms with E-state index >= 15 is 0 Å². The number of benzene rings is 1. The zero-order chi connectivity index (χ0) is 18.6. The van der Waals surface area contributed by atoms with Crippen molar-refractivity contribution in [1.82, 2.24) is 19.7 Å². The number of amides is 2. The van der Waals surface area contributed by atoms with E-state index in [1.54, 1.807) is 4.90 Å². The lowest BCUT2D eigenvalue weighted by Crippen LogP contribution is -2.45. The molecule has 1 aromatic heterocycles. The number of nitrogens with zero attached hydrogens (tertiary/aromatic N) is 4. The molecule has 1 unspecified atom stereocenters. The SMILES string of the molecule is O=C(Nc1cccc(-c2nnc3n2CCC3)c1)N1CCCC(OCCO)C1. The normalized spacial score (nSPS) is 19.1. The van der Waals surface area contributed by atoms with Gasteiger partial charge in [0.2, 0.25) is 0 Å². The maximum Gasteiger partial charge on any atom is 0.321 e. The average Bonchev–Trinajstić information content (AvgIpc) is 3.30. The molecule has 1 aromatic carbocycles. The first-order valence-electron chi connectivity index (χ1n) is 9.55. The summed E-state index contributed by atoms with van der Waals surface area (Å²) < 4.78 is 7.73. The van der Waals surface area contributed by atoms with Gasteiger partial charge in [0.25, 0.3) is 0 Å². The van der Waals surface area contributed by atoms with Gasteiger partial charge >= 0.3 is 6.03 Å². The van der Waals surface area contributed by atoms with Crippen LogP contribution in [0.25, 0.3) is 11.4 Å². The van der Waals surface area contributed by atoms with Crippen molar-refractivity contribution in [2.45, 2.75) is 38.3 Å². The Hall–Kier alpha value is -2.45. The Morgan fingerprint density at radius 1 is 1.30 bits per heavy atom. The maximum absolute atomic E-state index is 12.6. The van der Waals surface area contributed by atoms with Crippen LogP contribution in [-0.2, 0) is 17.7 Å². The number of hydrogen-bond acceptors (Lipinski definition) is 5. The Labute approximate surface area is 158 Å². The molecule has 8 heteroatoms. The van der Waals surface area contributed by atoms with E-state index in [1.807, 2.05) is 24.3 Å². The number of ether oxygens (including phenoxy) is 1. The Morgan fingerprint density at radius 3 is 3.11 bits per heavy atom. The van der Waals surface area contributed by atoms with E-state index in [2.05, 4.69) is 20.1 Å². The summed E-state index contributed by atoms with van der Waals surface area (Å²) in [5.41, 5.74) is 1.70. The fraction of sp³-hybridized carbons (Fsp3) is 0.526. The van der Waals surface area contributed by atoms with Crippen LogP contribution in [-0.4, -0.2) is 63.2 Å². The molecule has 2 aromatic rings. The lowest BCUT2D eigenvalue weighted by atomic mass is 10.1. The van der Waals surface area contributed by atoms with Crippen molar-refractivity contribution in [2.75, 3.05) is 31.6 Å². The van der Waals surface area contributed by atoms with Crippen LogP contribution >= 0.6 is 0 Å². The number of likely N-dealkylation sites (tertiary alicyclic amines) is 1. The highest BCUT2D eigenvalue weighted by atomic mass is 16.5. The van der Waals surface area contributed by atoms with Crippen molar-refractivity contribution in [3.63, 3.8) is 0 Å². The van der Waals surface area contributed by atoms with Crippen molar-refractivity contribution < 1.29 is 14.6 Å². The highest BCUT2D eigenvalue weighted by molar-refractivity contribution is 5.90. The van der Waals surface area contributed by atoms with Crippen LogP contribution in [0.2, 0.25) is 0 Å². The van der Waals surface area contributed by atoms with Gasteiger partial charge in [0.1, 0.15) is 5.82 Å². The summed E-state index contributed by atoms with van der Waals surface area (Å²) in [5.74, 6) is 1.88. The van der Waals surface area contributed by atoms with Crippen LogP contribution < -0.4 is 5.32 Å². The highest BCUT2D eigenvalue weighted by Gasteiger charge is 2.24. The van der Waals surface area contributed by atoms with Gasteiger partial charge in [-0.1, -0.05) is 12.1 Å². The number of aromatic nitrogens is 3. The van der Waals surface area contributed by atoms with Gasteiger partial charge in [-0.3, -0.25) is 0 Å². The molecule has 0 radical (unpaired) electrons. The molecule has 2 N–H and O–H groups in total. The van der Waals surface area contributed by atoms with Crippen molar-refractivity contribution in [2.24, 2.45) is 0 Å². The Morgan fingerprint density at radius 2 is 2.22 bits per heavy atom. The molecule has 0 bridgehead atoms. The molecule has 2 aliphatic rings.